The molecule has 0 unspecified atom stereocenters. The number of rotatable bonds is 5. The fraction of sp³-hybridized carbons (Fsp3) is 0.182. The van der Waals surface area contributed by atoms with Crippen LogP contribution in [0.2, 0.25) is 5.02 Å². The second kappa shape index (κ2) is 8.23. The summed E-state index contributed by atoms with van der Waals surface area (Å²) in [7, 11) is 1.53. The summed E-state index contributed by atoms with van der Waals surface area (Å²) in [4.78, 5) is 29.9. The number of nitrogens with one attached hydrogen (secondary N) is 1. The molecule has 4 aromatic rings. The molecule has 0 aliphatic heterocycles. The van der Waals surface area contributed by atoms with Crippen molar-refractivity contribution in [2.24, 2.45) is 0 Å². The van der Waals surface area contributed by atoms with Crippen molar-refractivity contribution in [1.29, 1.82) is 0 Å². The summed E-state index contributed by atoms with van der Waals surface area (Å²) in [5.41, 5.74) is 3.22. The number of halogens is 1. The first-order chi connectivity index (χ1) is 14.9. The lowest BCUT2D eigenvalue weighted by Gasteiger charge is -2.12. The van der Waals surface area contributed by atoms with Crippen molar-refractivity contribution in [1.82, 2.24) is 19.3 Å². The fourth-order valence-corrected chi connectivity index (χ4v) is 3.48. The fourth-order valence-electron chi connectivity index (χ4n) is 3.31. The smallest absolute Gasteiger partial charge is 0.264 e. The van der Waals surface area contributed by atoms with Gasteiger partial charge in [0.05, 0.1) is 24.7 Å². The van der Waals surface area contributed by atoms with Crippen LogP contribution in [0.5, 0.6) is 5.75 Å². The molecule has 1 amide bonds. The van der Waals surface area contributed by atoms with E-state index in [0.717, 1.165) is 16.8 Å². The third-order valence-electron chi connectivity index (χ3n) is 4.90. The van der Waals surface area contributed by atoms with Crippen LogP contribution in [0.1, 0.15) is 11.1 Å². The standard InChI is InChI=1S/C22H20ClN5O3/c1-13-4-7-19(31-3)17(8-13)26-20(29)11-27-12-24-21-16(22(27)30)10-25-28(21)18-9-15(23)6-5-14(18)2/h4-10,12H,11H2,1-3H3,(H,26,29). The van der Waals surface area contributed by atoms with Gasteiger partial charge in [-0.15, -0.1) is 0 Å². The van der Waals surface area contributed by atoms with Crippen molar-refractivity contribution in [3.8, 4) is 11.4 Å². The van der Waals surface area contributed by atoms with Gasteiger partial charge in [-0.25, -0.2) is 9.67 Å². The van der Waals surface area contributed by atoms with Gasteiger partial charge in [-0.2, -0.15) is 5.10 Å². The number of hydrogen-bond donors (Lipinski definition) is 1. The van der Waals surface area contributed by atoms with Crippen molar-refractivity contribution < 1.29 is 9.53 Å². The third kappa shape index (κ3) is 4.02. The lowest BCUT2D eigenvalue weighted by molar-refractivity contribution is -0.116. The normalized spacial score (nSPS) is 11.0. The maximum absolute atomic E-state index is 12.9. The highest BCUT2D eigenvalue weighted by Gasteiger charge is 2.15. The molecule has 0 saturated carbocycles. The van der Waals surface area contributed by atoms with E-state index in [-0.39, 0.29) is 18.0 Å². The Morgan fingerprint density at radius 3 is 2.77 bits per heavy atom. The molecule has 0 aliphatic carbocycles. The Morgan fingerprint density at radius 2 is 2.00 bits per heavy atom. The predicted octanol–water partition coefficient (Wildman–Crippen LogP) is 3.50. The average Bonchev–Trinajstić information content (AvgIpc) is 3.17. The topological polar surface area (TPSA) is 91.0 Å². The van der Waals surface area contributed by atoms with Crippen molar-refractivity contribution >= 4 is 34.2 Å². The van der Waals surface area contributed by atoms with Crippen molar-refractivity contribution in [3.63, 3.8) is 0 Å². The van der Waals surface area contributed by atoms with E-state index in [1.165, 1.54) is 24.2 Å². The van der Waals surface area contributed by atoms with E-state index in [0.29, 0.717) is 27.5 Å². The van der Waals surface area contributed by atoms with Crippen LogP contribution in [-0.2, 0) is 11.3 Å². The van der Waals surface area contributed by atoms with Crippen LogP contribution >= 0.6 is 11.6 Å². The van der Waals surface area contributed by atoms with Gasteiger partial charge in [-0.1, -0.05) is 23.7 Å². The van der Waals surface area contributed by atoms with Crippen LogP contribution in [0.3, 0.4) is 0 Å². The van der Waals surface area contributed by atoms with E-state index in [1.807, 2.05) is 26.0 Å². The Balaban J connectivity index is 1.64. The van der Waals surface area contributed by atoms with Gasteiger partial charge in [0.2, 0.25) is 5.91 Å². The zero-order chi connectivity index (χ0) is 22.1. The van der Waals surface area contributed by atoms with Gasteiger partial charge in [0, 0.05) is 5.02 Å². The molecule has 0 spiro atoms. The Morgan fingerprint density at radius 1 is 1.19 bits per heavy atom. The molecule has 31 heavy (non-hydrogen) atoms. The molecule has 0 fully saturated rings. The minimum atomic E-state index is -0.370. The van der Waals surface area contributed by atoms with E-state index < -0.39 is 0 Å². The summed E-state index contributed by atoms with van der Waals surface area (Å²) in [6.07, 6.45) is 2.79. The highest BCUT2D eigenvalue weighted by Crippen LogP contribution is 2.25. The van der Waals surface area contributed by atoms with Crippen LogP contribution in [0.15, 0.2) is 53.7 Å². The van der Waals surface area contributed by atoms with Crippen molar-refractivity contribution in [2.75, 3.05) is 12.4 Å². The number of amides is 1. The van der Waals surface area contributed by atoms with Gasteiger partial charge in [0.1, 0.15) is 24.0 Å². The average molecular weight is 438 g/mol. The van der Waals surface area contributed by atoms with E-state index in [4.69, 9.17) is 16.3 Å². The van der Waals surface area contributed by atoms with Gasteiger partial charge in [0.25, 0.3) is 5.56 Å². The number of carbonyl (C=O) groups excluding carboxylic acids is 1. The zero-order valence-corrected chi connectivity index (χ0v) is 18.0. The van der Waals surface area contributed by atoms with Crippen LogP contribution in [0.4, 0.5) is 5.69 Å². The number of benzene rings is 2. The summed E-state index contributed by atoms with van der Waals surface area (Å²) in [6.45, 7) is 3.64. The molecule has 2 aromatic carbocycles. The number of carbonyl (C=O) groups is 1. The largest absolute Gasteiger partial charge is 0.495 e. The Kier molecular flexibility index (Phi) is 5.48. The molecule has 1 N–H and O–H groups in total. The first-order valence-corrected chi connectivity index (χ1v) is 9.89. The molecule has 158 valence electrons. The lowest BCUT2D eigenvalue weighted by Crippen LogP contribution is -2.28. The predicted molar refractivity (Wildman–Crippen MR) is 119 cm³/mol. The maximum Gasteiger partial charge on any atom is 0.264 e. The van der Waals surface area contributed by atoms with Crippen LogP contribution < -0.4 is 15.6 Å². The Bertz CT molecular complexity index is 1360. The molecule has 0 radical (unpaired) electrons. The summed E-state index contributed by atoms with van der Waals surface area (Å²) < 4.78 is 8.10. The Hall–Kier alpha value is -3.65. The third-order valence-corrected chi connectivity index (χ3v) is 5.13. The number of aryl methyl sites for hydroxylation is 2. The van der Waals surface area contributed by atoms with Crippen LogP contribution in [-0.4, -0.2) is 32.3 Å². The molecule has 2 heterocycles. The van der Waals surface area contributed by atoms with Gasteiger partial charge < -0.3 is 10.1 Å². The van der Waals surface area contributed by atoms with E-state index >= 15 is 0 Å². The van der Waals surface area contributed by atoms with Gasteiger partial charge in [-0.3, -0.25) is 14.2 Å². The number of methoxy groups -OCH3 is 1. The highest BCUT2D eigenvalue weighted by atomic mass is 35.5. The monoisotopic (exact) mass is 437 g/mol. The highest BCUT2D eigenvalue weighted by molar-refractivity contribution is 6.30. The summed E-state index contributed by atoms with van der Waals surface area (Å²) in [5, 5.41) is 7.96. The van der Waals surface area contributed by atoms with E-state index in [9.17, 15) is 9.59 Å². The Labute approximate surface area is 183 Å². The van der Waals surface area contributed by atoms with Crippen LogP contribution in [0, 0.1) is 13.8 Å². The van der Waals surface area contributed by atoms with Gasteiger partial charge in [-0.05, 0) is 49.2 Å². The molecular weight excluding hydrogens is 418 g/mol. The van der Waals surface area contributed by atoms with E-state index in [2.05, 4.69) is 15.4 Å². The summed E-state index contributed by atoms with van der Waals surface area (Å²) >= 11 is 6.12. The minimum absolute atomic E-state index is 0.194. The molecule has 8 nitrogen and oxygen atoms in total. The first kappa shape index (κ1) is 20.6. The van der Waals surface area contributed by atoms with Gasteiger partial charge >= 0.3 is 0 Å². The lowest BCUT2D eigenvalue weighted by atomic mass is 10.2. The molecule has 0 atom stereocenters. The summed E-state index contributed by atoms with van der Waals surface area (Å²) in [6, 6.07) is 10.9. The molecule has 4 rings (SSSR count). The molecule has 2 aromatic heterocycles. The van der Waals surface area contributed by atoms with Crippen LogP contribution in [0.25, 0.3) is 16.7 Å². The van der Waals surface area contributed by atoms with Crippen molar-refractivity contribution in [3.05, 3.63) is 75.4 Å². The SMILES string of the molecule is COc1ccc(C)cc1NC(=O)Cn1cnc2c(cnn2-c2cc(Cl)ccc2C)c1=O. The van der Waals surface area contributed by atoms with Crippen molar-refractivity contribution in [2.45, 2.75) is 20.4 Å². The molecule has 0 aliphatic rings. The quantitative estimate of drug-likeness (QED) is 0.516. The zero-order valence-electron chi connectivity index (χ0n) is 17.2. The number of fused-ring (bicyclic) bond motifs is 1. The number of anilines is 1. The number of hydrogen-bond acceptors (Lipinski definition) is 5. The molecular formula is C22H20ClN5O3. The number of aromatic nitrogens is 4. The molecule has 0 saturated heterocycles. The number of nitrogens with zero attached hydrogens (tertiary/aromatic N) is 4. The first-order valence-electron chi connectivity index (χ1n) is 9.51. The van der Waals surface area contributed by atoms with E-state index in [1.54, 1.807) is 28.9 Å². The molecule has 0 bridgehead atoms. The minimum Gasteiger partial charge on any atom is -0.495 e. The maximum atomic E-state index is 12.9. The van der Waals surface area contributed by atoms with Gasteiger partial charge in [0.15, 0.2) is 5.65 Å². The summed E-state index contributed by atoms with van der Waals surface area (Å²) in [5.74, 6) is 0.170. The second-order valence-corrected chi connectivity index (χ2v) is 7.59. The molecule has 9 heteroatoms. The number of ether oxygens (including phenoxy) is 1. The second-order valence-electron chi connectivity index (χ2n) is 7.15.